The van der Waals surface area contributed by atoms with Crippen LogP contribution in [-0.4, -0.2) is 98.9 Å². The Kier molecular flexibility index (Phi) is 7.08. The number of nitrogens with zero attached hydrogens (tertiary/aromatic N) is 5. The maximum Gasteiger partial charge on any atom is 0.323 e. The maximum atomic E-state index is 12.9. The highest BCUT2D eigenvalue weighted by Gasteiger charge is 2.46. The number of aromatic hydroxyl groups is 1. The molecule has 238 valence electrons. The number of ether oxygens (including phenoxy) is 1. The highest BCUT2D eigenvalue weighted by Crippen LogP contribution is 2.41. The van der Waals surface area contributed by atoms with E-state index in [9.17, 15) is 14.7 Å². The van der Waals surface area contributed by atoms with Gasteiger partial charge in [0.05, 0.1) is 23.1 Å². The lowest BCUT2D eigenvalue weighted by Crippen LogP contribution is -2.58. The molecule has 4 aromatic rings. The van der Waals surface area contributed by atoms with Crippen molar-refractivity contribution in [2.45, 2.75) is 56.1 Å². The summed E-state index contributed by atoms with van der Waals surface area (Å²) in [7, 11) is 0. The number of hydrogen-bond acceptors (Lipinski definition) is 8. The Morgan fingerprint density at radius 3 is 2.48 bits per heavy atom. The van der Waals surface area contributed by atoms with Gasteiger partial charge in [0.25, 0.3) is 0 Å². The molecule has 5 heterocycles. The van der Waals surface area contributed by atoms with Crippen LogP contribution in [0.4, 0.5) is 10.6 Å². The van der Waals surface area contributed by atoms with Crippen LogP contribution in [0.1, 0.15) is 38.5 Å². The molecule has 1 aromatic heterocycles. The van der Waals surface area contributed by atoms with Gasteiger partial charge in [0.1, 0.15) is 24.7 Å². The molecule has 2 atom stereocenters. The molecule has 0 radical (unpaired) electrons. The van der Waals surface area contributed by atoms with Crippen LogP contribution in [0.2, 0.25) is 0 Å². The highest BCUT2D eigenvalue weighted by atomic mass is 16.5. The minimum Gasteiger partial charge on any atom is -0.508 e. The van der Waals surface area contributed by atoms with E-state index < -0.39 is 12.5 Å². The number of urea groups is 1. The summed E-state index contributed by atoms with van der Waals surface area (Å²) in [4.78, 5) is 40.6. The zero-order valence-electron chi connectivity index (χ0n) is 25.7. The number of carboxylic acid groups (broad SMARTS) is 1. The average molecular weight is 623 g/mol. The first-order valence-electron chi connectivity index (χ1n) is 16.3. The number of carbonyl (C=O) groups excluding carboxylic acids is 1. The number of benzene rings is 3. The van der Waals surface area contributed by atoms with E-state index in [-0.39, 0.29) is 29.4 Å². The van der Waals surface area contributed by atoms with E-state index in [0.29, 0.717) is 25.7 Å². The summed E-state index contributed by atoms with van der Waals surface area (Å²) in [6.07, 6.45) is 6.31. The van der Waals surface area contributed by atoms with Crippen LogP contribution in [0.15, 0.2) is 54.6 Å². The molecular formula is C35H38N6O5. The van der Waals surface area contributed by atoms with Crippen molar-refractivity contribution in [1.29, 1.82) is 0 Å². The Bertz CT molecular complexity index is 1820. The molecular weight excluding hydrogens is 584 g/mol. The second-order valence-electron chi connectivity index (χ2n) is 13.2. The molecule has 4 fully saturated rings. The van der Waals surface area contributed by atoms with Gasteiger partial charge in [0, 0.05) is 18.5 Å². The summed E-state index contributed by atoms with van der Waals surface area (Å²) in [5, 5.41) is 25.1. The number of phenols is 1. The molecule has 4 aliphatic rings. The van der Waals surface area contributed by atoms with Crippen molar-refractivity contribution >= 4 is 39.5 Å². The van der Waals surface area contributed by atoms with E-state index in [2.05, 4.69) is 33.3 Å². The lowest BCUT2D eigenvalue weighted by molar-refractivity contribution is -0.135. The molecule has 4 aliphatic heterocycles. The van der Waals surface area contributed by atoms with E-state index in [1.54, 1.807) is 12.1 Å². The molecule has 11 heteroatoms. The Labute approximate surface area is 266 Å². The second-order valence-corrected chi connectivity index (χ2v) is 13.2. The SMILES string of the molecule is O=C(O)CNC(=O)N1[C@@H]2CC[C@H]1CN(c1nc(OCC34CCCN3CCC4)nc3cc(-c4cc(O)cc5ccccc45)ccc13)C2. The number of fused-ring (bicyclic) bond motifs is 5. The van der Waals surface area contributed by atoms with E-state index in [0.717, 1.165) is 77.4 Å². The van der Waals surface area contributed by atoms with Gasteiger partial charge in [0.2, 0.25) is 0 Å². The summed E-state index contributed by atoms with van der Waals surface area (Å²) in [5.74, 6) is -0.0730. The number of piperazine rings is 1. The highest BCUT2D eigenvalue weighted by molar-refractivity contribution is 6.01. The Morgan fingerprint density at radius 2 is 1.72 bits per heavy atom. The Morgan fingerprint density at radius 1 is 0.957 bits per heavy atom. The van der Waals surface area contributed by atoms with Crippen LogP contribution in [0, 0.1) is 0 Å². The van der Waals surface area contributed by atoms with E-state index >= 15 is 0 Å². The number of nitrogens with one attached hydrogen (secondary N) is 1. The quantitative estimate of drug-likeness (QED) is 0.270. The molecule has 0 saturated carbocycles. The first-order valence-corrected chi connectivity index (χ1v) is 16.3. The minimum atomic E-state index is -1.06. The summed E-state index contributed by atoms with van der Waals surface area (Å²) < 4.78 is 6.49. The van der Waals surface area contributed by atoms with Gasteiger partial charge in [-0.2, -0.15) is 9.97 Å². The van der Waals surface area contributed by atoms with Crippen LogP contribution in [0.3, 0.4) is 0 Å². The van der Waals surface area contributed by atoms with Crippen LogP contribution < -0.4 is 15.0 Å². The molecule has 3 N–H and O–H groups in total. The molecule has 4 saturated heterocycles. The number of rotatable bonds is 7. The van der Waals surface area contributed by atoms with Gasteiger partial charge in [0.15, 0.2) is 0 Å². The Hall–Kier alpha value is -4.64. The van der Waals surface area contributed by atoms with Gasteiger partial charge < -0.3 is 30.1 Å². The zero-order chi connectivity index (χ0) is 31.4. The van der Waals surface area contributed by atoms with Crippen LogP contribution in [-0.2, 0) is 4.79 Å². The van der Waals surface area contributed by atoms with Crippen LogP contribution >= 0.6 is 0 Å². The van der Waals surface area contributed by atoms with Crippen molar-refractivity contribution in [1.82, 2.24) is 25.1 Å². The standard InChI is InChI=1S/C35H38N6O5/c42-26-15-22-5-1-2-6-27(22)29(17-26)23-7-10-28-30(16-23)37-33(46-21-35-11-3-13-40(35)14-4-12-35)38-32(28)39-19-24-8-9-25(20-39)41(24)34(45)36-18-31(43)44/h1-2,5-7,10,15-17,24-25,42H,3-4,8-9,11-14,18-21H2,(H,36,45)(H,43,44)/t24-,25+. The van der Waals surface area contributed by atoms with Crippen molar-refractivity contribution in [2.24, 2.45) is 0 Å². The smallest absolute Gasteiger partial charge is 0.323 e. The lowest BCUT2D eigenvalue weighted by Gasteiger charge is -2.41. The third-order valence-corrected chi connectivity index (χ3v) is 10.5. The van der Waals surface area contributed by atoms with Gasteiger partial charge in [-0.15, -0.1) is 0 Å². The number of amides is 2. The zero-order valence-corrected chi connectivity index (χ0v) is 25.7. The fourth-order valence-electron chi connectivity index (χ4n) is 8.41. The van der Waals surface area contributed by atoms with Gasteiger partial charge in [-0.05, 0) is 97.8 Å². The van der Waals surface area contributed by atoms with Crippen molar-refractivity contribution in [3.05, 3.63) is 54.6 Å². The van der Waals surface area contributed by atoms with E-state index in [4.69, 9.17) is 19.8 Å². The monoisotopic (exact) mass is 622 g/mol. The van der Waals surface area contributed by atoms with Crippen LogP contribution in [0.25, 0.3) is 32.8 Å². The average Bonchev–Trinajstić information content (AvgIpc) is 3.72. The Balaban J connectivity index is 1.16. The van der Waals surface area contributed by atoms with E-state index in [1.165, 1.54) is 12.8 Å². The number of hydrogen-bond donors (Lipinski definition) is 3. The van der Waals surface area contributed by atoms with Gasteiger partial charge >= 0.3 is 18.0 Å². The molecule has 2 amide bonds. The molecule has 0 aliphatic carbocycles. The van der Waals surface area contributed by atoms with Gasteiger partial charge in [-0.3, -0.25) is 9.69 Å². The number of aromatic nitrogens is 2. The predicted molar refractivity (Wildman–Crippen MR) is 174 cm³/mol. The number of anilines is 1. The number of phenolic OH excluding ortho intramolecular Hbond substituents is 1. The summed E-state index contributed by atoms with van der Waals surface area (Å²) in [6, 6.07) is 17.7. The van der Waals surface area contributed by atoms with E-state index in [1.807, 2.05) is 29.2 Å². The molecule has 0 unspecified atom stereocenters. The fraction of sp³-hybridized carbons (Fsp3) is 0.429. The van der Waals surface area contributed by atoms with Crippen molar-refractivity contribution in [3.8, 4) is 22.9 Å². The number of carboxylic acids is 1. The van der Waals surface area contributed by atoms with Gasteiger partial charge in [-0.1, -0.05) is 30.3 Å². The number of aliphatic carboxylic acids is 1. The van der Waals surface area contributed by atoms with Crippen molar-refractivity contribution in [3.63, 3.8) is 0 Å². The number of carbonyl (C=O) groups is 2. The van der Waals surface area contributed by atoms with Gasteiger partial charge in [-0.25, -0.2) is 4.79 Å². The minimum absolute atomic E-state index is 0.0505. The first kappa shape index (κ1) is 28.8. The van der Waals surface area contributed by atoms with Crippen LogP contribution in [0.5, 0.6) is 11.8 Å². The molecule has 0 spiro atoms. The molecule has 8 rings (SSSR count). The topological polar surface area (TPSA) is 131 Å². The second kappa shape index (κ2) is 11.3. The van der Waals surface area contributed by atoms with Crippen molar-refractivity contribution in [2.75, 3.05) is 44.2 Å². The lowest BCUT2D eigenvalue weighted by atomic mass is 9.95. The predicted octanol–water partition coefficient (Wildman–Crippen LogP) is 4.61. The third-order valence-electron chi connectivity index (χ3n) is 10.5. The maximum absolute atomic E-state index is 12.9. The molecule has 46 heavy (non-hydrogen) atoms. The summed E-state index contributed by atoms with van der Waals surface area (Å²) in [6.45, 7) is 3.55. The molecule has 2 bridgehead atoms. The third kappa shape index (κ3) is 5.02. The fourth-order valence-corrected chi connectivity index (χ4v) is 8.41. The molecule has 3 aromatic carbocycles. The molecule has 11 nitrogen and oxygen atoms in total. The summed E-state index contributed by atoms with van der Waals surface area (Å²) in [5.41, 5.74) is 2.66. The normalized spacial score (nSPS) is 22.0. The first-order chi connectivity index (χ1) is 22.4. The summed E-state index contributed by atoms with van der Waals surface area (Å²) >= 11 is 0. The largest absolute Gasteiger partial charge is 0.508 e. The van der Waals surface area contributed by atoms with Crippen molar-refractivity contribution < 1.29 is 24.5 Å².